The largest absolute Gasteiger partial charge is 0.504 e. The summed E-state index contributed by atoms with van der Waals surface area (Å²) in [5.74, 6) is -0.713. The summed E-state index contributed by atoms with van der Waals surface area (Å²) >= 11 is 3.21. The van der Waals surface area contributed by atoms with Crippen LogP contribution in [0.15, 0.2) is 83.2 Å². The van der Waals surface area contributed by atoms with Gasteiger partial charge in [0.25, 0.3) is 11.8 Å². The van der Waals surface area contributed by atoms with E-state index in [9.17, 15) is 14.7 Å². The molecule has 2 heterocycles. The van der Waals surface area contributed by atoms with E-state index in [1.807, 2.05) is 47.8 Å². The maximum absolute atomic E-state index is 12.6. The highest BCUT2D eigenvalue weighted by Crippen LogP contribution is 2.28. The minimum absolute atomic E-state index is 0.190. The average Bonchev–Trinajstić information content (AvgIpc) is 3.46. The second-order valence-corrected chi connectivity index (χ2v) is 8.46. The van der Waals surface area contributed by atoms with E-state index in [1.54, 1.807) is 47.4 Å². The third kappa shape index (κ3) is 4.96. The Morgan fingerprint density at radius 2 is 1.71 bits per heavy atom. The zero-order valence-electron chi connectivity index (χ0n) is 16.2. The first-order chi connectivity index (χ1) is 15.1. The van der Waals surface area contributed by atoms with Crippen LogP contribution in [0.4, 0.5) is 0 Å². The van der Waals surface area contributed by atoms with Gasteiger partial charge in [-0.15, -0.1) is 23.1 Å². The molecule has 31 heavy (non-hydrogen) atoms. The smallest absolute Gasteiger partial charge is 0.294 e. The van der Waals surface area contributed by atoms with Crippen LogP contribution in [0, 0.1) is 0 Å². The van der Waals surface area contributed by atoms with Crippen LogP contribution in [-0.4, -0.2) is 26.7 Å². The predicted octanol–water partition coefficient (Wildman–Crippen LogP) is 4.01. The molecular weight excluding hydrogens is 432 g/mol. The lowest BCUT2D eigenvalue weighted by Gasteiger charge is -2.10. The highest BCUT2D eigenvalue weighted by atomic mass is 32.2. The molecule has 0 aliphatic heterocycles. The number of thiophene rings is 1. The number of hydrogen-bond acceptors (Lipinski definition) is 6. The first kappa shape index (κ1) is 20.7. The van der Waals surface area contributed by atoms with Gasteiger partial charge in [-0.25, -0.2) is 4.68 Å². The Morgan fingerprint density at radius 3 is 2.48 bits per heavy atom. The summed E-state index contributed by atoms with van der Waals surface area (Å²) in [7, 11) is 0. The average molecular weight is 451 g/mol. The Balaban J connectivity index is 1.41. The molecule has 4 aromatic rings. The fraction of sp³-hybridized carbons (Fsp3) is 0.0455. The predicted molar refractivity (Wildman–Crippen MR) is 120 cm³/mol. The van der Waals surface area contributed by atoms with Crippen molar-refractivity contribution in [2.75, 3.05) is 0 Å². The maximum Gasteiger partial charge on any atom is 0.294 e. The van der Waals surface area contributed by atoms with Gasteiger partial charge < -0.3 is 5.11 Å². The number of rotatable bonds is 6. The molecule has 3 N–H and O–H groups in total. The minimum Gasteiger partial charge on any atom is -0.504 e. The van der Waals surface area contributed by atoms with Crippen molar-refractivity contribution in [2.45, 2.75) is 10.6 Å². The fourth-order valence-electron chi connectivity index (χ4n) is 2.80. The van der Waals surface area contributed by atoms with Gasteiger partial charge in [0.2, 0.25) is 0 Å². The first-order valence-corrected chi connectivity index (χ1v) is 11.2. The zero-order valence-corrected chi connectivity index (χ0v) is 17.8. The van der Waals surface area contributed by atoms with Gasteiger partial charge in [-0.05, 0) is 35.7 Å². The van der Waals surface area contributed by atoms with E-state index in [1.165, 1.54) is 15.8 Å². The van der Waals surface area contributed by atoms with Gasteiger partial charge in [0.15, 0.2) is 11.4 Å². The van der Waals surface area contributed by atoms with E-state index >= 15 is 0 Å². The highest BCUT2D eigenvalue weighted by molar-refractivity contribution is 7.98. The second kappa shape index (κ2) is 9.50. The van der Waals surface area contributed by atoms with E-state index in [2.05, 4.69) is 16.0 Å². The second-order valence-electron chi connectivity index (χ2n) is 6.42. The molecule has 2 aromatic carbocycles. The Kier molecular flexibility index (Phi) is 6.34. The van der Waals surface area contributed by atoms with Gasteiger partial charge in [-0.3, -0.25) is 20.4 Å². The molecule has 0 atom stereocenters. The van der Waals surface area contributed by atoms with Crippen LogP contribution >= 0.6 is 23.1 Å². The van der Waals surface area contributed by atoms with E-state index in [0.29, 0.717) is 11.3 Å². The summed E-state index contributed by atoms with van der Waals surface area (Å²) in [5.41, 5.74) is 5.67. The fourth-order valence-corrected chi connectivity index (χ4v) is 4.63. The van der Waals surface area contributed by atoms with Crippen LogP contribution in [0.1, 0.15) is 25.7 Å². The Morgan fingerprint density at radius 1 is 0.968 bits per heavy atom. The molecule has 2 aromatic heterocycles. The van der Waals surface area contributed by atoms with E-state index in [4.69, 9.17) is 0 Å². The molecule has 7 nitrogen and oxygen atoms in total. The van der Waals surface area contributed by atoms with Gasteiger partial charge in [0.05, 0.1) is 17.4 Å². The van der Waals surface area contributed by atoms with Crippen molar-refractivity contribution in [3.8, 4) is 11.4 Å². The normalized spacial score (nSPS) is 10.6. The van der Waals surface area contributed by atoms with Crippen LogP contribution < -0.4 is 10.9 Å². The van der Waals surface area contributed by atoms with Crippen molar-refractivity contribution in [3.05, 3.63) is 94.4 Å². The van der Waals surface area contributed by atoms with Crippen LogP contribution in [0.5, 0.6) is 5.75 Å². The SMILES string of the molecule is O=C(NNC(=O)c1nn(-c2ccccc2)cc1O)c1ccccc1SCc1cccs1. The maximum atomic E-state index is 12.6. The van der Waals surface area contributed by atoms with Crippen molar-refractivity contribution < 1.29 is 14.7 Å². The quantitative estimate of drug-likeness (QED) is 0.305. The summed E-state index contributed by atoms with van der Waals surface area (Å²) in [5, 5.41) is 16.2. The number of carbonyl (C=O) groups excluding carboxylic acids is 2. The molecule has 0 fully saturated rings. The number of hydrogen-bond donors (Lipinski definition) is 3. The number of para-hydroxylation sites is 1. The van der Waals surface area contributed by atoms with Gasteiger partial charge in [-0.1, -0.05) is 36.4 Å². The standard InChI is InChI=1S/C22H18N4O3S2/c27-18-13-26(15-7-2-1-3-8-15)25-20(18)22(29)24-23-21(28)17-10-4-5-11-19(17)31-14-16-9-6-12-30-16/h1-13,27H,14H2,(H,23,28)(H,24,29). The minimum atomic E-state index is -0.718. The van der Waals surface area contributed by atoms with Gasteiger partial charge >= 0.3 is 0 Å². The van der Waals surface area contributed by atoms with Crippen molar-refractivity contribution in [3.63, 3.8) is 0 Å². The third-order valence-electron chi connectivity index (χ3n) is 4.30. The molecule has 4 rings (SSSR count). The molecule has 2 amide bonds. The lowest BCUT2D eigenvalue weighted by molar-refractivity contribution is 0.0840. The lowest BCUT2D eigenvalue weighted by atomic mass is 10.2. The molecule has 0 bridgehead atoms. The van der Waals surface area contributed by atoms with Crippen molar-refractivity contribution in [2.24, 2.45) is 0 Å². The van der Waals surface area contributed by atoms with Crippen LogP contribution in [0.25, 0.3) is 5.69 Å². The van der Waals surface area contributed by atoms with Crippen LogP contribution in [0.3, 0.4) is 0 Å². The molecular formula is C22H18N4O3S2. The number of nitrogens with one attached hydrogen (secondary N) is 2. The van der Waals surface area contributed by atoms with Gasteiger partial charge in [-0.2, -0.15) is 5.10 Å². The number of aromatic nitrogens is 2. The Labute approximate surface area is 186 Å². The van der Waals surface area contributed by atoms with Crippen LogP contribution in [-0.2, 0) is 5.75 Å². The van der Waals surface area contributed by atoms with E-state index in [0.717, 1.165) is 10.6 Å². The number of carbonyl (C=O) groups is 2. The topological polar surface area (TPSA) is 96.3 Å². The summed E-state index contributed by atoms with van der Waals surface area (Å²) in [6.07, 6.45) is 1.34. The number of amides is 2. The molecule has 0 aliphatic rings. The van der Waals surface area contributed by atoms with E-state index < -0.39 is 11.8 Å². The molecule has 0 saturated heterocycles. The zero-order chi connectivity index (χ0) is 21.6. The molecule has 9 heteroatoms. The van der Waals surface area contributed by atoms with Crippen molar-refractivity contribution >= 4 is 34.9 Å². The van der Waals surface area contributed by atoms with E-state index in [-0.39, 0.29) is 11.4 Å². The number of hydrazine groups is 1. The number of nitrogens with zero attached hydrogens (tertiary/aromatic N) is 2. The lowest BCUT2D eigenvalue weighted by Crippen LogP contribution is -2.42. The first-order valence-electron chi connectivity index (χ1n) is 9.31. The van der Waals surface area contributed by atoms with Crippen molar-refractivity contribution in [1.29, 1.82) is 0 Å². The summed E-state index contributed by atoms with van der Waals surface area (Å²) < 4.78 is 1.39. The Hall–Kier alpha value is -3.56. The monoisotopic (exact) mass is 450 g/mol. The highest BCUT2D eigenvalue weighted by Gasteiger charge is 2.19. The van der Waals surface area contributed by atoms with Gasteiger partial charge in [0, 0.05) is 15.5 Å². The number of aromatic hydroxyl groups is 1. The molecule has 0 radical (unpaired) electrons. The summed E-state index contributed by atoms with van der Waals surface area (Å²) in [6.45, 7) is 0. The van der Waals surface area contributed by atoms with Crippen molar-refractivity contribution in [1.82, 2.24) is 20.6 Å². The third-order valence-corrected chi connectivity index (χ3v) is 6.48. The Bertz CT molecular complexity index is 1190. The molecule has 0 aliphatic carbocycles. The summed E-state index contributed by atoms with van der Waals surface area (Å²) in [6, 6.07) is 20.3. The van der Waals surface area contributed by atoms with Gasteiger partial charge in [0.1, 0.15) is 0 Å². The molecule has 156 valence electrons. The molecule has 0 spiro atoms. The number of benzene rings is 2. The summed E-state index contributed by atoms with van der Waals surface area (Å²) in [4.78, 5) is 27.1. The van der Waals surface area contributed by atoms with Crippen LogP contribution in [0.2, 0.25) is 0 Å². The number of thioether (sulfide) groups is 1. The molecule has 0 unspecified atom stereocenters. The molecule has 0 saturated carbocycles.